The molecule has 0 unspecified atom stereocenters. The van der Waals surface area contributed by atoms with Gasteiger partial charge in [0.2, 0.25) is 27.7 Å². The molecule has 7 rings (SSSR count). The Balaban J connectivity index is 1.24. The van der Waals surface area contributed by atoms with Crippen LogP contribution >= 0.6 is 0 Å². The molecule has 3 fully saturated rings. The van der Waals surface area contributed by atoms with Crippen molar-refractivity contribution >= 4 is 44.7 Å². The van der Waals surface area contributed by atoms with Crippen LogP contribution in [0.2, 0.25) is 0 Å². The maximum Gasteiger partial charge on any atom is 0.405 e. The number of nitrogens with one attached hydrogen (secondary N) is 3. The van der Waals surface area contributed by atoms with Crippen LogP contribution in [-0.4, -0.2) is 100 Å². The summed E-state index contributed by atoms with van der Waals surface area (Å²) in [7, 11) is -2.49. The van der Waals surface area contributed by atoms with E-state index in [0.29, 0.717) is 59.5 Å². The second kappa shape index (κ2) is 16.5. The van der Waals surface area contributed by atoms with Gasteiger partial charge in [-0.3, -0.25) is 19.1 Å². The third kappa shape index (κ3) is 8.86. The molecule has 1 saturated heterocycles. The number of ether oxygens (including phenoxy) is 3. The maximum absolute atomic E-state index is 14.6. The zero-order chi connectivity index (χ0) is 43.1. The number of sulfonamides is 1. The maximum atomic E-state index is 14.6. The normalized spacial score (nSPS) is 28.3. The summed E-state index contributed by atoms with van der Waals surface area (Å²) >= 11 is 0. The van der Waals surface area contributed by atoms with Crippen LogP contribution in [-0.2, 0) is 24.4 Å². The van der Waals surface area contributed by atoms with Gasteiger partial charge in [-0.05, 0) is 108 Å². The van der Waals surface area contributed by atoms with Crippen LogP contribution in [0.15, 0.2) is 54.6 Å². The first kappa shape index (κ1) is 42.7. The molecule has 7 atom stereocenters. The number of nitrogens with zero attached hydrogens (tertiary/aromatic N) is 3. The summed E-state index contributed by atoms with van der Waals surface area (Å²) in [6.45, 7) is 9.16. The Labute approximate surface area is 349 Å². The standard InChI is InChI=1S/C43H54N6O10S/c1-24(2)58-29-13-11-27(12-14-29)36-44-33-20-30(57-6)15-16-32(33)38(46-36)59-31-21-34-37(50)47-43(40(52)48-60(55,56)42(5)17-18-42)22-28(43)10-8-7-9-25(3)19-26(4)35(45-41(53)54)39(51)49(34)23-31/h8,10-16,20,24-26,28,31,34-35,45H,7,9,17-19,21-23H2,1-6H3,(H,47,50)(H,48,52)(H,53,54)/b10-8-/t25-,26-,28-,31-,34+,35+,43-/m1/s1. The lowest BCUT2D eigenvalue weighted by molar-refractivity contribution is -0.142. The number of carbonyl (C=O) groups excluding carboxylic acids is 3. The minimum atomic E-state index is -4.03. The molecular formula is C43H54N6O10S. The number of rotatable bonds is 10. The number of aromatic nitrogens is 2. The fourth-order valence-corrected chi connectivity index (χ4v) is 9.58. The topological polar surface area (TPSA) is 215 Å². The Morgan fingerprint density at radius 3 is 2.42 bits per heavy atom. The number of hydrogen-bond acceptors (Lipinski definition) is 11. The number of allylic oxidation sites excluding steroid dienone is 1. The van der Waals surface area contributed by atoms with E-state index in [0.717, 1.165) is 6.42 Å². The molecule has 16 nitrogen and oxygen atoms in total. The molecule has 2 aliphatic carbocycles. The fraction of sp³-hybridized carbons (Fsp3) is 0.535. The van der Waals surface area contributed by atoms with Gasteiger partial charge in [-0.25, -0.2) is 18.2 Å². The lowest BCUT2D eigenvalue weighted by atomic mass is 9.88. The van der Waals surface area contributed by atoms with Crippen LogP contribution in [0, 0.1) is 17.8 Å². The summed E-state index contributed by atoms with van der Waals surface area (Å²) in [5.41, 5.74) is -0.387. The molecule has 0 radical (unpaired) electrons. The first-order chi connectivity index (χ1) is 28.4. The summed E-state index contributed by atoms with van der Waals surface area (Å²) in [5.74, 6) is -1.22. The molecule has 60 heavy (non-hydrogen) atoms. The van der Waals surface area contributed by atoms with Gasteiger partial charge in [0, 0.05) is 24.0 Å². The second-order valence-corrected chi connectivity index (χ2v) is 19.5. The van der Waals surface area contributed by atoms with Crippen molar-refractivity contribution in [2.75, 3.05) is 13.7 Å². The molecule has 1 aromatic heterocycles. The van der Waals surface area contributed by atoms with Crippen molar-refractivity contribution in [1.29, 1.82) is 0 Å². The van der Waals surface area contributed by atoms with E-state index in [1.807, 2.05) is 64.1 Å². The quantitative estimate of drug-likeness (QED) is 0.199. The van der Waals surface area contributed by atoms with Gasteiger partial charge < -0.3 is 34.9 Å². The van der Waals surface area contributed by atoms with Crippen LogP contribution in [0.1, 0.15) is 79.6 Å². The number of carbonyl (C=O) groups is 4. The lowest BCUT2D eigenvalue weighted by Gasteiger charge is -2.32. The van der Waals surface area contributed by atoms with Crippen molar-refractivity contribution in [2.45, 2.75) is 114 Å². The average Bonchev–Trinajstić information content (AvgIpc) is 4.08. The lowest BCUT2D eigenvalue weighted by Crippen LogP contribution is -2.59. The minimum Gasteiger partial charge on any atom is -0.497 e. The minimum absolute atomic E-state index is 0.0194. The molecular weight excluding hydrogens is 793 g/mol. The number of methoxy groups -OCH3 is 1. The summed E-state index contributed by atoms with van der Waals surface area (Å²) in [6, 6.07) is 10.1. The predicted molar refractivity (Wildman–Crippen MR) is 222 cm³/mol. The van der Waals surface area contributed by atoms with Crippen LogP contribution in [0.3, 0.4) is 0 Å². The smallest absolute Gasteiger partial charge is 0.405 e. The molecule has 0 spiro atoms. The monoisotopic (exact) mass is 846 g/mol. The molecule has 322 valence electrons. The molecule has 2 aromatic carbocycles. The summed E-state index contributed by atoms with van der Waals surface area (Å²) in [6.07, 6.45) is 4.36. The van der Waals surface area contributed by atoms with Crippen molar-refractivity contribution in [3.05, 3.63) is 54.6 Å². The van der Waals surface area contributed by atoms with E-state index in [-0.39, 0.29) is 37.3 Å². The van der Waals surface area contributed by atoms with Gasteiger partial charge in [-0.15, -0.1) is 0 Å². The van der Waals surface area contributed by atoms with Gasteiger partial charge in [-0.1, -0.05) is 26.0 Å². The largest absolute Gasteiger partial charge is 0.497 e. The highest BCUT2D eigenvalue weighted by Crippen LogP contribution is 2.48. The molecule has 2 saturated carbocycles. The number of carboxylic acid groups (broad SMARTS) is 1. The van der Waals surface area contributed by atoms with E-state index in [4.69, 9.17) is 24.2 Å². The van der Waals surface area contributed by atoms with Gasteiger partial charge in [0.1, 0.15) is 35.2 Å². The van der Waals surface area contributed by atoms with Crippen LogP contribution in [0.25, 0.3) is 22.3 Å². The molecule has 2 aliphatic heterocycles. The van der Waals surface area contributed by atoms with Crippen molar-refractivity contribution in [3.8, 4) is 28.8 Å². The van der Waals surface area contributed by atoms with E-state index < -0.39 is 74.1 Å². The summed E-state index contributed by atoms with van der Waals surface area (Å²) in [4.78, 5) is 66.2. The van der Waals surface area contributed by atoms with Crippen molar-refractivity contribution in [3.63, 3.8) is 0 Å². The molecule has 4 amide bonds. The average molecular weight is 847 g/mol. The molecule has 4 aliphatic rings. The molecule has 3 aromatic rings. The van der Waals surface area contributed by atoms with Gasteiger partial charge in [-0.2, -0.15) is 4.98 Å². The van der Waals surface area contributed by atoms with Gasteiger partial charge >= 0.3 is 6.09 Å². The Hall–Kier alpha value is -5.45. The SMILES string of the molecule is COc1ccc2c(O[C@@H]3C[C@H]4C(=O)N[C@]5(C(=O)NS(=O)(=O)C6(C)CC6)C[C@H]5/C=C\CC[C@@H](C)C[C@@H](C)[C@H](NC(=O)O)C(=O)N4C3)nc(-c3ccc(OC(C)C)cc3)nc2c1. The first-order valence-corrected chi connectivity index (χ1v) is 22.0. The van der Waals surface area contributed by atoms with Crippen LogP contribution in [0.5, 0.6) is 17.4 Å². The Kier molecular flexibility index (Phi) is 11.8. The Bertz CT molecular complexity index is 2300. The highest BCUT2D eigenvalue weighted by Gasteiger charge is 2.63. The molecule has 0 bridgehead atoms. The third-order valence-electron chi connectivity index (χ3n) is 12.2. The number of benzene rings is 2. The zero-order valence-electron chi connectivity index (χ0n) is 34.8. The summed E-state index contributed by atoms with van der Waals surface area (Å²) in [5, 5.41) is 15.7. The van der Waals surface area contributed by atoms with Crippen molar-refractivity contribution < 1.29 is 46.9 Å². The van der Waals surface area contributed by atoms with Gasteiger partial charge in [0.25, 0.3) is 5.91 Å². The van der Waals surface area contributed by atoms with E-state index in [9.17, 15) is 32.7 Å². The summed E-state index contributed by atoms with van der Waals surface area (Å²) < 4.78 is 45.6. The van der Waals surface area contributed by atoms with E-state index in [1.54, 1.807) is 32.2 Å². The number of hydrogen-bond donors (Lipinski definition) is 4. The van der Waals surface area contributed by atoms with Crippen molar-refractivity contribution in [2.24, 2.45) is 17.8 Å². The van der Waals surface area contributed by atoms with Crippen LogP contribution < -0.4 is 29.6 Å². The number of fused-ring (bicyclic) bond motifs is 3. The van der Waals surface area contributed by atoms with Crippen molar-refractivity contribution in [1.82, 2.24) is 30.2 Å². The first-order valence-electron chi connectivity index (χ1n) is 20.6. The van der Waals surface area contributed by atoms with Crippen LogP contribution in [0.4, 0.5) is 4.79 Å². The highest BCUT2D eigenvalue weighted by molar-refractivity contribution is 7.91. The Morgan fingerprint density at radius 2 is 1.75 bits per heavy atom. The van der Waals surface area contributed by atoms with Gasteiger partial charge in [0.15, 0.2) is 5.82 Å². The van der Waals surface area contributed by atoms with Gasteiger partial charge in [0.05, 0.1) is 35.4 Å². The molecule has 17 heteroatoms. The third-order valence-corrected chi connectivity index (χ3v) is 14.3. The molecule has 4 N–H and O–H groups in total. The fourth-order valence-electron chi connectivity index (χ4n) is 8.27. The number of amides is 4. The predicted octanol–water partition coefficient (Wildman–Crippen LogP) is 4.96. The van der Waals surface area contributed by atoms with E-state index >= 15 is 0 Å². The van der Waals surface area contributed by atoms with E-state index in [2.05, 4.69) is 15.4 Å². The Morgan fingerprint density at radius 1 is 1.03 bits per heavy atom. The highest BCUT2D eigenvalue weighted by atomic mass is 32.2. The zero-order valence-corrected chi connectivity index (χ0v) is 35.6. The second-order valence-electron chi connectivity index (χ2n) is 17.3. The molecule has 3 heterocycles. The van der Waals surface area contributed by atoms with E-state index in [1.165, 1.54) is 4.90 Å².